The molecular weight excluding hydrogens is 230 g/mol. The summed E-state index contributed by atoms with van der Waals surface area (Å²) < 4.78 is 0. The van der Waals surface area contributed by atoms with E-state index in [2.05, 4.69) is 0 Å². The van der Waals surface area contributed by atoms with Crippen molar-refractivity contribution in [3.8, 4) is 5.75 Å². The molecule has 1 saturated carbocycles. The molecule has 18 heavy (non-hydrogen) atoms. The van der Waals surface area contributed by atoms with Crippen molar-refractivity contribution in [3.63, 3.8) is 0 Å². The second-order valence-corrected chi connectivity index (χ2v) is 5.10. The topological polar surface area (TPSA) is 57.6 Å². The van der Waals surface area contributed by atoms with Gasteiger partial charge in [-0.1, -0.05) is 18.2 Å². The average molecular weight is 245 g/mol. The van der Waals surface area contributed by atoms with Gasteiger partial charge in [-0.25, -0.2) is 0 Å². The van der Waals surface area contributed by atoms with E-state index >= 15 is 0 Å². The minimum atomic E-state index is -0.0722. The number of nitrogens with zero attached hydrogens (tertiary/aromatic N) is 1. The van der Waals surface area contributed by atoms with Gasteiger partial charge in [0.15, 0.2) is 0 Å². The van der Waals surface area contributed by atoms with E-state index in [0.29, 0.717) is 5.56 Å². The molecule has 1 N–H and O–H groups in total. The van der Waals surface area contributed by atoms with Gasteiger partial charge >= 0.3 is 0 Å². The van der Waals surface area contributed by atoms with E-state index in [0.717, 1.165) is 19.3 Å². The van der Waals surface area contributed by atoms with Crippen LogP contribution in [0.5, 0.6) is 5.75 Å². The molecule has 94 valence electrons. The number of hydrogen-bond donors (Lipinski definition) is 1. The third kappa shape index (κ3) is 1.68. The third-order valence-corrected chi connectivity index (χ3v) is 3.98. The number of rotatable bonds is 2. The zero-order chi connectivity index (χ0) is 12.7. The Hall–Kier alpha value is -1.84. The summed E-state index contributed by atoms with van der Waals surface area (Å²) in [5, 5.41) is 9.71. The summed E-state index contributed by atoms with van der Waals surface area (Å²) in [5.41, 5.74) is 0.625. The number of piperidine rings is 1. The summed E-state index contributed by atoms with van der Waals surface area (Å²) in [6, 6.07) is 6.83. The first-order valence-corrected chi connectivity index (χ1v) is 6.29. The SMILES string of the molecule is O=C1C2CCC(C2)C(=O)N1Cc1ccccc1O. The molecule has 1 aromatic rings. The zero-order valence-electron chi connectivity index (χ0n) is 10.0. The number of likely N-dealkylation sites (tertiary alicyclic amines) is 1. The zero-order valence-corrected chi connectivity index (χ0v) is 10.0. The molecule has 2 aliphatic rings. The summed E-state index contributed by atoms with van der Waals surface area (Å²) in [6.45, 7) is 0.192. The number of hydrogen-bond acceptors (Lipinski definition) is 3. The number of carbonyl (C=O) groups is 2. The van der Waals surface area contributed by atoms with Gasteiger partial charge in [0.2, 0.25) is 11.8 Å². The lowest BCUT2D eigenvalue weighted by Gasteiger charge is -2.29. The highest BCUT2D eigenvalue weighted by Crippen LogP contribution is 2.39. The van der Waals surface area contributed by atoms with Crippen molar-refractivity contribution in [1.29, 1.82) is 0 Å². The molecule has 1 saturated heterocycles. The number of aromatic hydroxyl groups is 1. The number of para-hydroxylation sites is 1. The lowest BCUT2D eigenvalue weighted by molar-refractivity contribution is -0.153. The molecule has 1 aromatic carbocycles. The standard InChI is InChI=1S/C14H15NO3/c16-12-4-2-1-3-11(12)8-15-13(17)9-5-6-10(7-9)14(15)18/h1-4,9-10,16H,5-8H2. The van der Waals surface area contributed by atoms with Crippen LogP contribution in [0, 0.1) is 11.8 Å². The normalized spacial score (nSPS) is 26.8. The molecule has 0 spiro atoms. The van der Waals surface area contributed by atoms with Crippen LogP contribution in [-0.4, -0.2) is 21.8 Å². The van der Waals surface area contributed by atoms with Crippen LogP contribution in [0.25, 0.3) is 0 Å². The summed E-state index contributed by atoms with van der Waals surface area (Å²) in [5.74, 6) is 0.0159. The van der Waals surface area contributed by atoms with Crippen molar-refractivity contribution < 1.29 is 14.7 Å². The van der Waals surface area contributed by atoms with Crippen LogP contribution in [0.1, 0.15) is 24.8 Å². The van der Waals surface area contributed by atoms with Crippen molar-refractivity contribution in [2.45, 2.75) is 25.8 Å². The molecule has 1 aliphatic heterocycles. The molecule has 4 nitrogen and oxygen atoms in total. The van der Waals surface area contributed by atoms with Gasteiger partial charge in [0.1, 0.15) is 5.75 Å². The number of benzene rings is 1. The van der Waals surface area contributed by atoms with Crippen LogP contribution >= 0.6 is 0 Å². The molecule has 0 aromatic heterocycles. The van der Waals surface area contributed by atoms with E-state index in [1.807, 2.05) is 0 Å². The Morgan fingerprint density at radius 3 is 2.33 bits per heavy atom. The summed E-state index contributed by atoms with van der Waals surface area (Å²) in [6.07, 6.45) is 2.37. The van der Waals surface area contributed by atoms with Gasteiger partial charge < -0.3 is 5.11 Å². The van der Waals surface area contributed by atoms with E-state index in [-0.39, 0.29) is 35.9 Å². The van der Waals surface area contributed by atoms with Crippen LogP contribution in [0.4, 0.5) is 0 Å². The molecule has 1 aliphatic carbocycles. The van der Waals surface area contributed by atoms with Crippen LogP contribution in [-0.2, 0) is 16.1 Å². The number of fused-ring (bicyclic) bond motifs is 2. The molecule has 2 amide bonds. The fourth-order valence-corrected chi connectivity index (χ4v) is 2.95. The first-order chi connectivity index (χ1) is 8.66. The molecular formula is C14H15NO3. The minimum absolute atomic E-state index is 0.0126. The Morgan fingerprint density at radius 1 is 1.11 bits per heavy atom. The van der Waals surface area contributed by atoms with Crippen LogP contribution in [0.2, 0.25) is 0 Å². The molecule has 2 unspecified atom stereocenters. The Labute approximate surface area is 105 Å². The van der Waals surface area contributed by atoms with E-state index in [1.54, 1.807) is 24.3 Å². The predicted octanol–water partition coefficient (Wildman–Crippen LogP) is 1.68. The number of amides is 2. The van der Waals surface area contributed by atoms with Crippen LogP contribution < -0.4 is 0 Å². The van der Waals surface area contributed by atoms with E-state index in [1.165, 1.54) is 4.90 Å². The second kappa shape index (κ2) is 4.12. The lowest BCUT2D eigenvalue weighted by Crippen LogP contribution is -2.45. The second-order valence-electron chi connectivity index (χ2n) is 5.10. The molecule has 0 radical (unpaired) electrons. The number of phenols is 1. The van der Waals surface area contributed by atoms with Gasteiger partial charge in [0.05, 0.1) is 6.54 Å². The average Bonchev–Trinajstić information content (AvgIpc) is 2.81. The van der Waals surface area contributed by atoms with Crippen LogP contribution in [0.3, 0.4) is 0 Å². The Kier molecular flexibility index (Phi) is 2.58. The summed E-state index contributed by atoms with van der Waals surface area (Å²) >= 11 is 0. The van der Waals surface area contributed by atoms with E-state index < -0.39 is 0 Å². The van der Waals surface area contributed by atoms with E-state index in [4.69, 9.17) is 0 Å². The fraction of sp³-hybridized carbons (Fsp3) is 0.429. The third-order valence-electron chi connectivity index (χ3n) is 3.98. The van der Waals surface area contributed by atoms with Crippen LogP contribution in [0.15, 0.2) is 24.3 Å². The highest BCUT2D eigenvalue weighted by molar-refractivity contribution is 6.00. The number of imide groups is 1. The Bertz CT molecular complexity index is 490. The maximum absolute atomic E-state index is 12.1. The van der Waals surface area contributed by atoms with Crippen molar-refractivity contribution in [1.82, 2.24) is 4.90 Å². The molecule has 3 rings (SSSR count). The van der Waals surface area contributed by atoms with Crippen molar-refractivity contribution in [2.75, 3.05) is 0 Å². The van der Waals surface area contributed by atoms with Gasteiger partial charge in [0.25, 0.3) is 0 Å². The smallest absolute Gasteiger partial charge is 0.232 e. The van der Waals surface area contributed by atoms with E-state index in [9.17, 15) is 14.7 Å². The first-order valence-electron chi connectivity index (χ1n) is 6.29. The van der Waals surface area contributed by atoms with Gasteiger partial charge in [0, 0.05) is 17.4 Å². The lowest BCUT2D eigenvalue weighted by atomic mass is 9.96. The van der Waals surface area contributed by atoms with Gasteiger partial charge in [-0.3, -0.25) is 14.5 Å². The van der Waals surface area contributed by atoms with Crippen molar-refractivity contribution >= 4 is 11.8 Å². The quantitative estimate of drug-likeness (QED) is 0.806. The highest BCUT2D eigenvalue weighted by Gasteiger charge is 2.45. The summed E-state index contributed by atoms with van der Waals surface area (Å²) in [4.78, 5) is 25.6. The van der Waals surface area contributed by atoms with Gasteiger partial charge in [-0.05, 0) is 25.3 Å². The first kappa shape index (κ1) is 11.3. The summed E-state index contributed by atoms with van der Waals surface area (Å²) in [7, 11) is 0. The molecule has 2 bridgehead atoms. The van der Waals surface area contributed by atoms with Gasteiger partial charge in [-0.15, -0.1) is 0 Å². The van der Waals surface area contributed by atoms with Crippen molar-refractivity contribution in [3.05, 3.63) is 29.8 Å². The number of phenolic OH excluding ortho intramolecular Hbond substituents is 1. The molecule has 2 atom stereocenters. The monoisotopic (exact) mass is 245 g/mol. The molecule has 2 fully saturated rings. The predicted molar refractivity (Wildman–Crippen MR) is 64.5 cm³/mol. The number of carbonyl (C=O) groups excluding carboxylic acids is 2. The Morgan fingerprint density at radius 2 is 1.72 bits per heavy atom. The van der Waals surface area contributed by atoms with Crippen molar-refractivity contribution in [2.24, 2.45) is 11.8 Å². The maximum Gasteiger partial charge on any atom is 0.232 e. The maximum atomic E-state index is 12.1. The minimum Gasteiger partial charge on any atom is -0.508 e. The Balaban J connectivity index is 1.86. The fourth-order valence-electron chi connectivity index (χ4n) is 2.95. The molecule has 1 heterocycles. The molecule has 4 heteroatoms. The highest BCUT2D eigenvalue weighted by atomic mass is 16.3. The largest absolute Gasteiger partial charge is 0.508 e. The van der Waals surface area contributed by atoms with Gasteiger partial charge in [-0.2, -0.15) is 0 Å².